The van der Waals surface area contributed by atoms with Gasteiger partial charge in [-0.25, -0.2) is 4.79 Å². The molecule has 92 valence electrons. The van der Waals surface area contributed by atoms with Gasteiger partial charge < -0.3 is 5.11 Å². The van der Waals surface area contributed by atoms with Gasteiger partial charge >= 0.3 is 5.97 Å². The topological polar surface area (TPSA) is 54.4 Å². The Balaban J connectivity index is 3.49. The second-order valence-corrected chi connectivity index (χ2v) is 4.34. The highest BCUT2D eigenvalue weighted by atomic mass is 16.4. The van der Waals surface area contributed by atoms with E-state index in [1.54, 1.807) is 6.07 Å². The number of aromatic carboxylic acids is 1. The van der Waals surface area contributed by atoms with Gasteiger partial charge in [-0.1, -0.05) is 6.92 Å². The van der Waals surface area contributed by atoms with E-state index in [9.17, 15) is 14.7 Å². The third-order valence-electron chi connectivity index (χ3n) is 3.15. The molecule has 0 bridgehead atoms. The van der Waals surface area contributed by atoms with Crippen LogP contribution in [0.15, 0.2) is 6.07 Å². The zero-order valence-corrected chi connectivity index (χ0v) is 10.8. The first-order valence-corrected chi connectivity index (χ1v) is 5.77. The monoisotopic (exact) mass is 234 g/mol. The maximum atomic E-state index is 12.0. The highest BCUT2D eigenvalue weighted by Gasteiger charge is 2.20. The van der Waals surface area contributed by atoms with Gasteiger partial charge in [-0.3, -0.25) is 4.79 Å². The zero-order chi connectivity index (χ0) is 13.2. The van der Waals surface area contributed by atoms with Gasteiger partial charge in [-0.2, -0.15) is 0 Å². The molecule has 0 aromatic heterocycles. The van der Waals surface area contributed by atoms with Crippen molar-refractivity contribution in [3.05, 3.63) is 33.9 Å². The molecule has 0 aliphatic heterocycles. The molecule has 1 aromatic carbocycles. The summed E-state index contributed by atoms with van der Waals surface area (Å²) in [5.41, 5.74) is 3.20. The van der Waals surface area contributed by atoms with Crippen LogP contribution in [-0.4, -0.2) is 16.9 Å². The van der Waals surface area contributed by atoms with Crippen LogP contribution < -0.4 is 0 Å². The summed E-state index contributed by atoms with van der Waals surface area (Å²) >= 11 is 0. The molecule has 1 N–H and O–H groups in total. The van der Waals surface area contributed by atoms with E-state index in [1.165, 1.54) is 0 Å². The maximum absolute atomic E-state index is 12.0. The number of carbonyl (C=O) groups excluding carboxylic acids is 1. The van der Waals surface area contributed by atoms with Crippen LogP contribution in [0.5, 0.6) is 0 Å². The Morgan fingerprint density at radius 1 is 1.18 bits per heavy atom. The molecule has 17 heavy (non-hydrogen) atoms. The molecule has 0 amide bonds. The van der Waals surface area contributed by atoms with Crippen LogP contribution in [0.3, 0.4) is 0 Å². The zero-order valence-electron chi connectivity index (χ0n) is 10.8. The van der Waals surface area contributed by atoms with Crippen LogP contribution >= 0.6 is 0 Å². The highest BCUT2D eigenvalue weighted by molar-refractivity contribution is 6.07. The Morgan fingerprint density at radius 2 is 1.76 bits per heavy atom. The predicted octanol–water partition coefficient (Wildman–Crippen LogP) is 3.29. The molecule has 0 spiro atoms. The first-order chi connectivity index (χ1) is 7.90. The van der Waals surface area contributed by atoms with Gasteiger partial charge in [0.05, 0.1) is 5.56 Å². The lowest BCUT2D eigenvalue weighted by Gasteiger charge is -2.13. The summed E-state index contributed by atoms with van der Waals surface area (Å²) in [7, 11) is 0. The molecule has 0 heterocycles. The number of carboxylic acid groups (broad SMARTS) is 1. The van der Waals surface area contributed by atoms with Crippen LogP contribution in [-0.2, 0) is 0 Å². The predicted molar refractivity (Wildman–Crippen MR) is 66.9 cm³/mol. The average Bonchev–Trinajstić information content (AvgIpc) is 2.25. The number of hydrogen-bond donors (Lipinski definition) is 1. The number of carboxylic acids is 1. The molecule has 3 heteroatoms. The number of rotatable bonds is 4. The number of benzene rings is 1. The normalized spacial score (nSPS) is 10.4. The molecule has 0 saturated heterocycles. The second kappa shape index (κ2) is 5.13. The minimum absolute atomic E-state index is 0.0782. The van der Waals surface area contributed by atoms with Crippen molar-refractivity contribution in [2.45, 2.75) is 40.5 Å². The molecule has 0 atom stereocenters. The third kappa shape index (κ3) is 2.54. The summed E-state index contributed by atoms with van der Waals surface area (Å²) in [5.74, 6) is -1.11. The Morgan fingerprint density at radius 3 is 2.24 bits per heavy atom. The van der Waals surface area contributed by atoms with E-state index >= 15 is 0 Å². The van der Waals surface area contributed by atoms with Crippen LogP contribution in [0, 0.1) is 20.8 Å². The number of carbonyl (C=O) groups is 2. The standard InChI is InChI=1S/C14H18O3/c1-5-6-12(15)13-10(4)9(3)8(2)7-11(13)14(16)17/h7H,5-6H2,1-4H3,(H,16,17). The minimum atomic E-state index is -1.03. The van der Waals surface area contributed by atoms with E-state index in [-0.39, 0.29) is 11.3 Å². The summed E-state index contributed by atoms with van der Waals surface area (Å²) in [6, 6.07) is 1.59. The fourth-order valence-electron chi connectivity index (χ4n) is 1.96. The Hall–Kier alpha value is -1.64. The van der Waals surface area contributed by atoms with Gasteiger partial charge in [0.25, 0.3) is 0 Å². The summed E-state index contributed by atoms with van der Waals surface area (Å²) in [6.45, 7) is 7.51. The molecule has 0 saturated carbocycles. The van der Waals surface area contributed by atoms with Gasteiger partial charge in [0.1, 0.15) is 0 Å². The van der Waals surface area contributed by atoms with Crippen molar-refractivity contribution in [3.8, 4) is 0 Å². The Labute approximate surface area is 101 Å². The molecule has 0 fully saturated rings. The number of Topliss-reactive ketones (excluding diaryl/α,β-unsaturated/α-hetero) is 1. The summed E-state index contributed by atoms with van der Waals surface area (Å²) < 4.78 is 0. The van der Waals surface area contributed by atoms with E-state index in [0.717, 1.165) is 23.1 Å². The van der Waals surface area contributed by atoms with Crippen LogP contribution in [0.1, 0.15) is 57.2 Å². The summed E-state index contributed by atoms with van der Waals surface area (Å²) in [6.07, 6.45) is 1.12. The van der Waals surface area contributed by atoms with Crippen molar-refractivity contribution in [1.29, 1.82) is 0 Å². The number of hydrogen-bond acceptors (Lipinski definition) is 2. The molecule has 0 aliphatic carbocycles. The largest absolute Gasteiger partial charge is 0.478 e. The lowest BCUT2D eigenvalue weighted by Crippen LogP contribution is -2.12. The molecule has 1 rings (SSSR count). The fraction of sp³-hybridized carbons (Fsp3) is 0.429. The maximum Gasteiger partial charge on any atom is 0.336 e. The van der Waals surface area contributed by atoms with E-state index < -0.39 is 5.97 Å². The lowest BCUT2D eigenvalue weighted by atomic mass is 9.90. The first-order valence-electron chi connectivity index (χ1n) is 5.77. The smallest absolute Gasteiger partial charge is 0.336 e. The van der Waals surface area contributed by atoms with Crippen LogP contribution in [0.25, 0.3) is 0 Å². The molecular weight excluding hydrogens is 216 g/mol. The summed E-state index contributed by atoms with van der Waals surface area (Å²) in [5, 5.41) is 9.17. The third-order valence-corrected chi connectivity index (χ3v) is 3.15. The Bertz CT molecular complexity index is 473. The van der Waals surface area contributed by atoms with Gasteiger partial charge in [0.2, 0.25) is 0 Å². The van der Waals surface area contributed by atoms with Gasteiger partial charge in [0.15, 0.2) is 5.78 Å². The van der Waals surface area contributed by atoms with Gasteiger partial charge in [0, 0.05) is 12.0 Å². The van der Waals surface area contributed by atoms with E-state index in [0.29, 0.717) is 12.0 Å². The van der Waals surface area contributed by atoms with Crippen molar-refractivity contribution in [1.82, 2.24) is 0 Å². The highest BCUT2D eigenvalue weighted by Crippen LogP contribution is 2.23. The molecule has 0 radical (unpaired) electrons. The van der Waals surface area contributed by atoms with Crippen molar-refractivity contribution >= 4 is 11.8 Å². The lowest BCUT2D eigenvalue weighted by molar-refractivity contribution is 0.0691. The Kier molecular flexibility index (Phi) is 4.05. The average molecular weight is 234 g/mol. The number of ketones is 1. The fourth-order valence-corrected chi connectivity index (χ4v) is 1.96. The van der Waals surface area contributed by atoms with Gasteiger partial charge in [-0.05, 0) is 49.9 Å². The van der Waals surface area contributed by atoms with Crippen LogP contribution in [0.2, 0.25) is 0 Å². The number of aryl methyl sites for hydroxylation is 1. The second-order valence-electron chi connectivity index (χ2n) is 4.34. The van der Waals surface area contributed by atoms with E-state index in [2.05, 4.69) is 0 Å². The van der Waals surface area contributed by atoms with Crippen molar-refractivity contribution in [3.63, 3.8) is 0 Å². The van der Waals surface area contributed by atoms with Crippen molar-refractivity contribution in [2.75, 3.05) is 0 Å². The van der Waals surface area contributed by atoms with Crippen LogP contribution in [0.4, 0.5) is 0 Å². The summed E-state index contributed by atoms with van der Waals surface area (Å²) in [4.78, 5) is 23.2. The van der Waals surface area contributed by atoms with E-state index in [1.807, 2.05) is 27.7 Å². The minimum Gasteiger partial charge on any atom is -0.478 e. The molecule has 0 unspecified atom stereocenters. The van der Waals surface area contributed by atoms with Crippen molar-refractivity contribution < 1.29 is 14.7 Å². The first kappa shape index (κ1) is 13.4. The molecule has 0 aliphatic rings. The quantitative estimate of drug-likeness (QED) is 0.813. The van der Waals surface area contributed by atoms with Gasteiger partial charge in [-0.15, -0.1) is 0 Å². The van der Waals surface area contributed by atoms with Crippen molar-refractivity contribution in [2.24, 2.45) is 0 Å². The molecular formula is C14H18O3. The SMILES string of the molecule is CCCC(=O)c1c(C(=O)O)cc(C)c(C)c1C. The molecule has 1 aromatic rings. The van der Waals surface area contributed by atoms with E-state index in [4.69, 9.17) is 0 Å². The molecule has 3 nitrogen and oxygen atoms in total.